The summed E-state index contributed by atoms with van der Waals surface area (Å²) >= 11 is 0. The summed E-state index contributed by atoms with van der Waals surface area (Å²) in [6.45, 7) is 7.60. The molecule has 3 heteroatoms. The van der Waals surface area contributed by atoms with E-state index in [0.29, 0.717) is 12.6 Å². The molecule has 1 atom stereocenters. The molecular formula is C13H25NO2. The fourth-order valence-electron chi connectivity index (χ4n) is 2.48. The molecule has 1 aliphatic rings. The lowest BCUT2D eigenvalue weighted by molar-refractivity contribution is -0.148. The topological polar surface area (TPSA) is 40.5 Å². The molecular weight excluding hydrogens is 202 g/mol. The van der Waals surface area contributed by atoms with Gasteiger partial charge in [-0.25, -0.2) is 0 Å². The van der Waals surface area contributed by atoms with Gasteiger partial charge in [0.15, 0.2) is 0 Å². The largest absolute Gasteiger partial charge is 0.481 e. The van der Waals surface area contributed by atoms with Crippen LogP contribution in [0.2, 0.25) is 0 Å². The van der Waals surface area contributed by atoms with Gasteiger partial charge in [-0.2, -0.15) is 0 Å². The Morgan fingerprint density at radius 1 is 1.38 bits per heavy atom. The highest BCUT2D eigenvalue weighted by molar-refractivity contribution is 5.73. The predicted molar refractivity (Wildman–Crippen MR) is 65.5 cm³/mol. The van der Waals surface area contributed by atoms with Crippen molar-refractivity contribution in [1.29, 1.82) is 0 Å². The summed E-state index contributed by atoms with van der Waals surface area (Å²) < 4.78 is 0. The number of likely N-dealkylation sites (tertiary alicyclic amines) is 1. The van der Waals surface area contributed by atoms with Crippen LogP contribution in [0.15, 0.2) is 0 Å². The van der Waals surface area contributed by atoms with E-state index in [0.717, 1.165) is 13.0 Å². The van der Waals surface area contributed by atoms with Gasteiger partial charge >= 0.3 is 5.97 Å². The lowest BCUT2D eigenvalue weighted by atomic mass is 9.92. The molecule has 1 fully saturated rings. The SMILES string of the molecule is CCC1CCCCCN1CC(C)(C)C(=O)O. The molecule has 94 valence electrons. The summed E-state index contributed by atoms with van der Waals surface area (Å²) in [5.74, 6) is -0.688. The minimum absolute atomic E-state index is 0.584. The van der Waals surface area contributed by atoms with Gasteiger partial charge in [0.2, 0.25) is 0 Å². The summed E-state index contributed by atoms with van der Waals surface area (Å²) in [4.78, 5) is 13.5. The molecule has 0 aromatic heterocycles. The maximum atomic E-state index is 11.1. The molecule has 0 amide bonds. The molecule has 0 aromatic carbocycles. The molecule has 0 radical (unpaired) electrons. The van der Waals surface area contributed by atoms with Crippen molar-refractivity contribution in [3.8, 4) is 0 Å². The number of carboxylic acid groups (broad SMARTS) is 1. The molecule has 1 unspecified atom stereocenters. The molecule has 1 saturated heterocycles. The number of nitrogens with zero attached hydrogens (tertiary/aromatic N) is 1. The van der Waals surface area contributed by atoms with Crippen molar-refractivity contribution in [3.63, 3.8) is 0 Å². The Kier molecular flexibility index (Phi) is 4.78. The van der Waals surface area contributed by atoms with Crippen molar-refractivity contribution < 1.29 is 9.90 Å². The first kappa shape index (κ1) is 13.5. The van der Waals surface area contributed by atoms with Gasteiger partial charge in [-0.3, -0.25) is 9.69 Å². The molecule has 1 heterocycles. The summed E-state index contributed by atoms with van der Waals surface area (Å²) in [5.41, 5.74) is -0.627. The van der Waals surface area contributed by atoms with Crippen molar-refractivity contribution in [2.75, 3.05) is 13.1 Å². The number of carboxylic acids is 1. The fraction of sp³-hybridized carbons (Fsp3) is 0.923. The van der Waals surface area contributed by atoms with Crippen molar-refractivity contribution in [3.05, 3.63) is 0 Å². The van der Waals surface area contributed by atoms with Gasteiger partial charge in [0, 0.05) is 12.6 Å². The zero-order valence-electron chi connectivity index (χ0n) is 10.8. The second-order valence-corrected chi connectivity index (χ2v) is 5.57. The number of carbonyl (C=O) groups is 1. The zero-order chi connectivity index (χ0) is 12.2. The van der Waals surface area contributed by atoms with Crippen LogP contribution in [0.4, 0.5) is 0 Å². The Balaban J connectivity index is 2.64. The van der Waals surface area contributed by atoms with E-state index in [9.17, 15) is 9.90 Å². The summed E-state index contributed by atoms with van der Waals surface area (Å²) in [6.07, 6.45) is 6.16. The van der Waals surface area contributed by atoms with Crippen molar-refractivity contribution >= 4 is 5.97 Å². The molecule has 1 N–H and O–H groups in total. The first-order valence-corrected chi connectivity index (χ1v) is 6.45. The maximum absolute atomic E-state index is 11.1. The summed E-state index contributed by atoms with van der Waals surface area (Å²) in [7, 11) is 0. The first-order valence-electron chi connectivity index (χ1n) is 6.45. The van der Waals surface area contributed by atoms with Gasteiger partial charge < -0.3 is 5.11 Å². The van der Waals surface area contributed by atoms with E-state index in [1.165, 1.54) is 25.7 Å². The molecule has 1 rings (SSSR count). The van der Waals surface area contributed by atoms with Crippen molar-refractivity contribution in [2.24, 2.45) is 5.41 Å². The molecule has 0 aromatic rings. The minimum atomic E-state index is -0.688. The standard InChI is InChI=1S/C13H25NO2/c1-4-11-8-6-5-7-9-14(11)10-13(2,3)12(15)16/h11H,4-10H2,1-3H3,(H,15,16). The highest BCUT2D eigenvalue weighted by atomic mass is 16.4. The van der Waals surface area contributed by atoms with E-state index >= 15 is 0 Å². The Morgan fingerprint density at radius 2 is 2.06 bits per heavy atom. The molecule has 3 nitrogen and oxygen atoms in total. The van der Waals surface area contributed by atoms with E-state index in [1.807, 2.05) is 13.8 Å². The van der Waals surface area contributed by atoms with Gasteiger partial charge in [-0.05, 0) is 39.7 Å². The number of hydrogen-bond acceptors (Lipinski definition) is 2. The molecule has 0 bridgehead atoms. The minimum Gasteiger partial charge on any atom is -0.481 e. The van der Waals surface area contributed by atoms with Crippen LogP contribution in [0, 0.1) is 5.41 Å². The Hall–Kier alpha value is -0.570. The highest BCUT2D eigenvalue weighted by Gasteiger charge is 2.32. The van der Waals surface area contributed by atoms with Crippen molar-refractivity contribution in [1.82, 2.24) is 4.90 Å². The predicted octanol–water partition coefficient (Wildman–Crippen LogP) is 2.75. The van der Waals surface area contributed by atoms with Crippen LogP contribution in [0.3, 0.4) is 0 Å². The van der Waals surface area contributed by atoms with Crippen LogP contribution in [0.5, 0.6) is 0 Å². The lowest BCUT2D eigenvalue weighted by Gasteiger charge is -2.34. The van der Waals surface area contributed by atoms with E-state index in [4.69, 9.17) is 0 Å². The number of hydrogen-bond donors (Lipinski definition) is 1. The Labute approximate surface area is 98.8 Å². The zero-order valence-corrected chi connectivity index (χ0v) is 10.8. The monoisotopic (exact) mass is 227 g/mol. The smallest absolute Gasteiger partial charge is 0.310 e. The molecule has 16 heavy (non-hydrogen) atoms. The van der Waals surface area contributed by atoms with Crippen LogP contribution < -0.4 is 0 Å². The van der Waals surface area contributed by atoms with Crippen molar-refractivity contribution in [2.45, 2.75) is 58.9 Å². The average Bonchev–Trinajstić information content (AvgIpc) is 2.42. The van der Waals surface area contributed by atoms with Crippen LogP contribution in [-0.2, 0) is 4.79 Å². The first-order chi connectivity index (χ1) is 7.47. The van der Waals surface area contributed by atoms with Crippen LogP contribution >= 0.6 is 0 Å². The summed E-state index contributed by atoms with van der Waals surface area (Å²) in [5, 5.41) is 9.17. The van der Waals surface area contributed by atoms with Gasteiger partial charge in [-0.15, -0.1) is 0 Å². The quantitative estimate of drug-likeness (QED) is 0.803. The molecule has 1 aliphatic heterocycles. The van der Waals surface area contributed by atoms with Gasteiger partial charge in [0.05, 0.1) is 5.41 Å². The number of aliphatic carboxylic acids is 1. The average molecular weight is 227 g/mol. The Bertz CT molecular complexity index is 238. The highest BCUT2D eigenvalue weighted by Crippen LogP contribution is 2.24. The summed E-state index contributed by atoms with van der Waals surface area (Å²) in [6, 6.07) is 0.584. The fourth-order valence-corrected chi connectivity index (χ4v) is 2.48. The van der Waals surface area contributed by atoms with E-state index in [-0.39, 0.29) is 0 Å². The van der Waals surface area contributed by atoms with E-state index < -0.39 is 11.4 Å². The van der Waals surface area contributed by atoms with Gasteiger partial charge in [0.25, 0.3) is 0 Å². The third kappa shape index (κ3) is 3.48. The van der Waals surface area contributed by atoms with Crippen LogP contribution in [0.1, 0.15) is 52.9 Å². The van der Waals surface area contributed by atoms with Crippen LogP contribution in [0.25, 0.3) is 0 Å². The van der Waals surface area contributed by atoms with E-state index in [2.05, 4.69) is 11.8 Å². The van der Waals surface area contributed by atoms with Gasteiger partial charge in [-0.1, -0.05) is 19.8 Å². The van der Waals surface area contributed by atoms with Gasteiger partial charge in [0.1, 0.15) is 0 Å². The van der Waals surface area contributed by atoms with Crippen LogP contribution in [-0.4, -0.2) is 35.1 Å². The maximum Gasteiger partial charge on any atom is 0.310 e. The molecule has 0 spiro atoms. The second-order valence-electron chi connectivity index (χ2n) is 5.57. The molecule has 0 aliphatic carbocycles. The molecule has 0 saturated carbocycles. The Morgan fingerprint density at radius 3 is 2.62 bits per heavy atom. The number of rotatable bonds is 4. The lowest BCUT2D eigenvalue weighted by Crippen LogP contribution is -2.44. The third-order valence-corrected chi connectivity index (χ3v) is 3.65. The second kappa shape index (κ2) is 5.67. The van der Waals surface area contributed by atoms with E-state index in [1.54, 1.807) is 0 Å². The normalized spacial score (nSPS) is 24.1. The third-order valence-electron chi connectivity index (χ3n) is 3.65.